The van der Waals surface area contributed by atoms with Crippen LogP contribution in [0, 0.1) is 0 Å². The number of hydrogen-bond acceptors (Lipinski definition) is 6. The van der Waals surface area contributed by atoms with Crippen molar-refractivity contribution in [2.24, 2.45) is 0 Å². The average molecular weight is 505 g/mol. The first kappa shape index (κ1) is 24.0. The Balaban J connectivity index is 0.000000252. The second-order valence-electron chi connectivity index (χ2n) is 7.20. The molecule has 2 aliphatic heterocycles. The highest BCUT2D eigenvalue weighted by Crippen LogP contribution is 2.41. The van der Waals surface area contributed by atoms with Gasteiger partial charge in [-0.2, -0.15) is 13.2 Å². The highest BCUT2D eigenvalue weighted by atomic mass is 32.2. The molecular weight excluding hydrogens is 485 g/mol. The summed E-state index contributed by atoms with van der Waals surface area (Å²) in [5.41, 5.74) is 0.230. The summed E-state index contributed by atoms with van der Waals surface area (Å²) in [6.45, 7) is 0. The summed E-state index contributed by atoms with van der Waals surface area (Å²) >= 11 is 3.27. The van der Waals surface area contributed by atoms with Gasteiger partial charge in [0.05, 0.1) is 35.7 Å². The average Bonchev–Trinajstić information content (AvgIpc) is 3.49. The van der Waals surface area contributed by atoms with Crippen LogP contribution in [-0.4, -0.2) is 31.1 Å². The molecule has 5 nitrogen and oxygen atoms in total. The lowest BCUT2D eigenvalue weighted by molar-refractivity contribution is -0.138. The monoisotopic (exact) mass is 504 g/mol. The zero-order chi connectivity index (χ0) is 24.3. The van der Waals surface area contributed by atoms with Gasteiger partial charge in [0.1, 0.15) is 5.75 Å². The van der Waals surface area contributed by atoms with Gasteiger partial charge in [0, 0.05) is 21.0 Å². The van der Waals surface area contributed by atoms with E-state index in [1.807, 2.05) is 23.9 Å². The van der Waals surface area contributed by atoms with Gasteiger partial charge in [-0.1, -0.05) is 24.3 Å². The quantitative estimate of drug-likeness (QED) is 0.417. The molecule has 0 aliphatic carbocycles. The van der Waals surface area contributed by atoms with Crippen molar-refractivity contribution >= 4 is 47.1 Å². The lowest BCUT2D eigenvalue weighted by Crippen LogP contribution is -2.28. The highest BCUT2D eigenvalue weighted by molar-refractivity contribution is 8.00. The molecule has 0 radical (unpaired) electrons. The first-order valence-corrected chi connectivity index (χ1v) is 12.0. The number of methoxy groups -OCH3 is 1. The fraction of sp³-hybridized carbons (Fsp3) is 0.167. The van der Waals surface area contributed by atoms with Crippen LogP contribution < -0.4 is 15.0 Å². The Morgan fingerprint density at radius 3 is 2.44 bits per heavy atom. The first-order valence-electron chi connectivity index (χ1n) is 10.1. The van der Waals surface area contributed by atoms with E-state index < -0.39 is 23.4 Å². The number of para-hydroxylation sites is 2. The zero-order valence-electron chi connectivity index (χ0n) is 17.9. The van der Waals surface area contributed by atoms with Crippen molar-refractivity contribution in [2.75, 3.05) is 29.1 Å². The number of amides is 1. The molecule has 1 N–H and O–H groups in total. The van der Waals surface area contributed by atoms with E-state index in [9.17, 15) is 22.8 Å². The second-order valence-corrected chi connectivity index (χ2v) is 9.20. The number of anilines is 2. The minimum Gasteiger partial charge on any atom is -0.495 e. The topological polar surface area (TPSA) is 58.6 Å². The number of aldehydes is 1. The minimum absolute atomic E-state index is 0.215. The molecule has 0 atom stereocenters. The molecule has 3 aromatic rings. The van der Waals surface area contributed by atoms with E-state index in [1.165, 1.54) is 27.2 Å². The number of thioether (sulfide) groups is 2. The number of alkyl halides is 3. The van der Waals surface area contributed by atoms with E-state index in [2.05, 4.69) is 29.6 Å². The van der Waals surface area contributed by atoms with Gasteiger partial charge in [-0.3, -0.25) is 14.5 Å². The molecule has 0 saturated carbocycles. The van der Waals surface area contributed by atoms with Gasteiger partial charge in [-0.05, 0) is 36.4 Å². The van der Waals surface area contributed by atoms with Crippen LogP contribution in [-0.2, 0) is 6.18 Å². The molecule has 34 heavy (non-hydrogen) atoms. The molecule has 0 unspecified atom stereocenters. The molecule has 0 bridgehead atoms. The summed E-state index contributed by atoms with van der Waals surface area (Å²) < 4.78 is 44.6. The number of nitrogens with one attached hydrogen (secondary N) is 1. The summed E-state index contributed by atoms with van der Waals surface area (Å²) in [6.07, 6.45) is -4.51. The van der Waals surface area contributed by atoms with Crippen molar-refractivity contribution in [2.45, 2.75) is 16.0 Å². The largest absolute Gasteiger partial charge is 0.495 e. The van der Waals surface area contributed by atoms with Crippen LogP contribution in [0.25, 0.3) is 0 Å². The summed E-state index contributed by atoms with van der Waals surface area (Å²) in [7, 11) is 1.05. The second kappa shape index (κ2) is 10.0. The molecule has 0 saturated heterocycles. The van der Waals surface area contributed by atoms with E-state index in [0.29, 0.717) is 11.6 Å². The van der Waals surface area contributed by atoms with Crippen LogP contribution in [0.4, 0.5) is 24.5 Å². The third-order valence-corrected chi connectivity index (χ3v) is 7.13. The Morgan fingerprint density at radius 1 is 1.06 bits per heavy atom. The smallest absolute Gasteiger partial charge is 0.420 e. The third-order valence-electron chi connectivity index (χ3n) is 5.13. The summed E-state index contributed by atoms with van der Waals surface area (Å²) in [4.78, 5) is 27.6. The molecule has 2 aliphatic rings. The van der Waals surface area contributed by atoms with Crippen LogP contribution in [0.2, 0.25) is 0 Å². The molecule has 176 valence electrons. The van der Waals surface area contributed by atoms with Crippen molar-refractivity contribution in [3.63, 3.8) is 0 Å². The Bertz CT molecular complexity index is 1210. The lowest BCUT2D eigenvalue weighted by atomic mass is 10.0. The van der Waals surface area contributed by atoms with Crippen molar-refractivity contribution in [1.82, 2.24) is 0 Å². The maximum absolute atomic E-state index is 13.3. The number of nitrogens with zero attached hydrogens (tertiary/aromatic N) is 1. The number of carbonyl (C=O) groups is 2. The van der Waals surface area contributed by atoms with Crippen molar-refractivity contribution < 1.29 is 27.5 Å². The van der Waals surface area contributed by atoms with Gasteiger partial charge in [0.15, 0.2) is 6.29 Å². The van der Waals surface area contributed by atoms with E-state index >= 15 is 0 Å². The number of hydrogen-bond donors (Lipinski definition) is 1. The van der Waals surface area contributed by atoms with Gasteiger partial charge in [0.25, 0.3) is 5.91 Å². The van der Waals surface area contributed by atoms with Gasteiger partial charge >= 0.3 is 6.18 Å². The molecule has 0 spiro atoms. The highest BCUT2D eigenvalue weighted by Gasteiger charge is 2.37. The Morgan fingerprint density at radius 2 is 1.76 bits per heavy atom. The predicted octanol–water partition coefficient (Wildman–Crippen LogP) is 6.40. The van der Waals surface area contributed by atoms with E-state index in [1.54, 1.807) is 12.1 Å². The van der Waals surface area contributed by atoms with Gasteiger partial charge < -0.3 is 10.1 Å². The maximum Gasteiger partial charge on any atom is 0.420 e. The number of halogens is 3. The molecule has 0 aromatic heterocycles. The van der Waals surface area contributed by atoms with Gasteiger partial charge in [-0.25, -0.2) is 0 Å². The van der Waals surface area contributed by atoms with E-state index in [0.717, 1.165) is 30.0 Å². The maximum atomic E-state index is 13.3. The third kappa shape index (κ3) is 4.88. The number of ether oxygens (including phenoxy) is 1. The molecule has 5 rings (SSSR count). The fourth-order valence-corrected chi connectivity index (χ4v) is 5.44. The first-order chi connectivity index (χ1) is 16.3. The van der Waals surface area contributed by atoms with Crippen molar-refractivity contribution in [3.05, 3.63) is 77.4 Å². The van der Waals surface area contributed by atoms with Crippen LogP contribution in [0.3, 0.4) is 0 Å². The Labute approximate surface area is 202 Å². The fourth-order valence-electron chi connectivity index (χ4n) is 3.56. The van der Waals surface area contributed by atoms with Gasteiger partial charge in [0.2, 0.25) is 0 Å². The summed E-state index contributed by atoms with van der Waals surface area (Å²) in [5.74, 6) is 0.130. The van der Waals surface area contributed by atoms with Crippen LogP contribution in [0.15, 0.2) is 70.5 Å². The predicted molar refractivity (Wildman–Crippen MR) is 128 cm³/mol. The van der Waals surface area contributed by atoms with Gasteiger partial charge in [-0.15, -0.1) is 23.5 Å². The molecule has 2 heterocycles. The van der Waals surface area contributed by atoms with Crippen LogP contribution in [0.1, 0.15) is 26.3 Å². The van der Waals surface area contributed by atoms with Crippen LogP contribution >= 0.6 is 23.5 Å². The number of fused-ring (bicyclic) bond motifs is 2. The van der Waals surface area contributed by atoms with E-state index in [4.69, 9.17) is 4.74 Å². The Hall–Kier alpha value is -3.11. The molecule has 3 aromatic carbocycles. The number of carbonyl (C=O) groups excluding carboxylic acids is 2. The number of benzene rings is 3. The van der Waals surface area contributed by atoms with Crippen LogP contribution in [0.5, 0.6) is 5.75 Å². The van der Waals surface area contributed by atoms with Crippen molar-refractivity contribution in [1.29, 1.82) is 0 Å². The molecule has 0 fully saturated rings. The standard InChI is InChI=1S/C17H12F3NO3S.C7H7NS/c1-24-15-11(8-22)6-10(7-12(15)17(18,19)20)16(23)21-9-25-14-5-3-2-4-13(14)21;1-2-4-7-6(3-1)8-5-9-7/h2-8H,9H2,1H3;1-4,8H,5H2. The normalized spacial score (nSPS) is 13.8. The lowest BCUT2D eigenvalue weighted by Gasteiger charge is -2.19. The summed E-state index contributed by atoms with van der Waals surface area (Å²) in [6, 6.07) is 17.3. The van der Waals surface area contributed by atoms with E-state index in [-0.39, 0.29) is 17.4 Å². The number of rotatable bonds is 3. The van der Waals surface area contributed by atoms with Crippen molar-refractivity contribution in [3.8, 4) is 5.75 Å². The minimum atomic E-state index is -4.75. The zero-order valence-corrected chi connectivity index (χ0v) is 19.5. The molecular formula is C24H19F3N2O3S2. The SMILES string of the molecule is COc1c(C=O)cc(C(=O)N2CSc3ccccc32)cc1C(F)(F)F.c1ccc2c(c1)NCS2. The molecule has 1 amide bonds. The Kier molecular flexibility index (Phi) is 7.08. The molecule has 10 heteroatoms. The summed E-state index contributed by atoms with van der Waals surface area (Å²) in [5, 5.41) is 3.26.